The predicted octanol–water partition coefficient (Wildman–Crippen LogP) is 0.596. The van der Waals surface area contributed by atoms with Crippen LogP contribution in [0.5, 0.6) is 0 Å². The van der Waals surface area contributed by atoms with Crippen molar-refractivity contribution in [3.05, 3.63) is 0 Å². The van der Waals surface area contributed by atoms with Crippen LogP contribution in [0.2, 0.25) is 0 Å². The second-order valence-electron chi connectivity index (χ2n) is 2.34. The van der Waals surface area contributed by atoms with Crippen LogP contribution >= 0.6 is 0 Å². The number of amides is 1. The van der Waals surface area contributed by atoms with Gasteiger partial charge in [0, 0.05) is 6.04 Å². The lowest BCUT2D eigenvalue weighted by atomic mass is 10.1. The van der Waals surface area contributed by atoms with Gasteiger partial charge in [-0.2, -0.15) is 0 Å². The Bertz CT molecular complexity index is 169. The van der Waals surface area contributed by atoms with Crippen LogP contribution in [0.4, 0.5) is 4.79 Å². The molecule has 1 amide bonds. The van der Waals surface area contributed by atoms with Crippen LogP contribution < -0.4 is 5.32 Å². The minimum Gasteiger partial charge on any atom is -0.481 e. The molecule has 0 aromatic carbocycles. The van der Waals surface area contributed by atoms with Crippen molar-refractivity contribution in [2.45, 2.75) is 25.8 Å². The second-order valence-corrected chi connectivity index (χ2v) is 2.34. The van der Waals surface area contributed by atoms with Crippen LogP contribution in [0.1, 0.15) is 19.8 Å². The average Bonchev–Trinajstić information content (AvgIpc) is 2.02. The van der Waals surface area contributed by atoms with Crippen LogP contribution in [0.3, 0.4) is 0 Å². The summed E-state index contributed by atoms with van der Waals surface area (Å²) >= 11 is 0. The molecule has 0 heterocycles. The van der Waals surface area contributed by atoms with Crippen LogP contribution in [-0.4, -0.2) is 30.3 Å². The minimum atomic E-state index is -0.932. The number of aliphatic carboxylic acids is 1. The molecule has 0 fully saturated rings. The van der Waals surface area contributed by atoms with E-state index in [9.17, 15) is 9.59 Å². The number of carboxylic acids is 1. The maximum atomic E-state index is 10.6. The number of nitrogens with one attached hydrogen (secondary N) is 1. The molecule has 0 bridgehead atoms. The van der Waals surface area contributed by atoms with E-state index in [0.717, 1.165) is 0 Å². The maximum Gasteiger partial charge on any atom is 0.407 e. The van der Waals surface area contributed by atoms with Crippen LogP contribution in [0.25, 0.3) is 0 Å². The average molecular weight is 175 g/mol. The Labute approximate surface area is 70.7 Å². The number of carbonyl (C=O) groups is 2. The first kappa shape index (κ1) is 10.7. The largest absolute Gasteiger partial charge is 0.481 e. The fraction of sp³-hybridized carbons (Fsp3) is 0.714. The van der Waals surface area contributed by atoms with Gasteiger partial charge in [0.05, 0.1) is 13.5 Å². The zero-order valence-electron chi connectivity index (χ0n) is 7.16. The monoisotopic (exact) mass is 175 g/mol. The summed E-state index contributed by atoms with van der Waals surface area (Å²) in [6.07, 6.45) is -0.101. The number of hydrogen-bond acceptors (Lipinski definition) is 3. The van der Waals surface area contributed by atoms with E-state index < -0.39 is 12.1 Å². The lowest BCUT2D eigenvalue weighted by molar-refractivity contribution is -0.137. The number of hydrogen-bond donors (Lipinski definition) is 2. The molecule has 0 saturated carbocycles. The van der Waals surface area contributed by atoms with Gasteiger partial charge in [0.2, 0.25) is 0 Å². The van der Waals surface area contributed by atoms with E-state index in [2.05, 4.69) is 10.1 Å². The summed E-state index contributed by atoms with van der Waals surface area (Å²) in [6.45, 7) is 1.80. The van der Waals surface area contributed by atoms with E-state index in [1.807, 2.05) is 0 Å². The number of carbonyl (C=O) groups excluding carboxylic acids is 1. The first-order valence-corrected chi connectivity index (χ1v) is 3.66. The Balaban J connectivity index is 3.82. The van der Waals surface area contributed by atoms with Gasteiger partial charge < -0.3 is 15.2 Å². The Morgan fingerprint density at radius 2 is 2.17 bits per heavy atom. The first-order chi connectivity index (χ1) is 5.60. The van der Waals surface area contributed by atoms with E-state index in [1.54, 1.807) is 6.92 Å². The summed E-state index contributed by atoms with van der Waals surface area (Å²) in [4.78, 5) is 20.9. The van der Waals surface area contributed by atoms with Crippen LogP contribution in [0, 0.1) is 0 Å². The van der Waals surface area contributed by atoms with Gasteiger partial charge >= 0.3 is 12.1 Å². The van der Waals surface area contributed by atoms with Gasteiger partial charge in [0.25, 0.3) is 0 Å². The molecule has 0 aromatic heterocycles. The number of alkyl carbamates (subject to hydrolysis) is 1. The van der Waals surface area contributed by atoms with Gasteiger partial charge in [-0.05, 0) is 6.42 Å². The topological polar surface area (TPSA) is 75.6 Å². The highest BCUT2D eigenvalue weighted by molar-refractivity contribution is 5.71. The smallest absolute Gasteiger partial charge is 0.407 e. The molecule has 0 aliphatic rings. The maximum absolute atomic E-state index is 10.6. The molecule has 2 N–H and O–H groups in total. The zero-order chi connectivity index (χ0) is 9.56. The molecule has 1 unspecified atom stereocenters. The first-order valence-electron chi connectivity index (χ1n) is 3.66. The molecule has 0 saturated heterocycles. The van der Waals surface area contributed by atoms with E-state index in [1.165, 1.54) is 7.11 Å². The summed E-state index contributed by atoms with van der Waals surface area (Å²) in [7, 11) is 1.24. The second kappa shape index (κ2) is 5.40. The Kier molecular flexibility index (Phi) is 4.83. The fourth-order valence-electron chi connectivity index (χ4n) is 0.734. The number of carboxylic acid groups (broad SMARTS) is 1. The van der Waals surface area contributed by atoms with E-state index >= 15 is 0 Å². The van der Waals surface area contributed by atoms with Gasteiger partial charge in [-0.1, -0.05) is 6.92 Å². The molecular formula is C7H13NO4. The van der Waals surface area contributed by atoms with Gasteiger partial charge in [-0.3, -0.25) is 4.79 Å². The van der Waals surface area contributed by atoms with E-state index in [0.29, 0.717) is 6.42 Å². The number of ether oxygens (including phenoxy) is 1. The molecule has 70 valence electrons. The lowest BCUT2D eigenvalue weighted by Crippen LogP contribution is -2.35. The van der Waals surface area contributed by atoms with Crippen molar-refractivity contribution >= 4 is 12.1 Å². The highest BCUT2D eigenvalue weighted by Crippen LogP contribution is 1.97. The Morgan fingerprint density at radius 3 is 2.50 bits per heavy atom. The minimum absolute atomic E-state index is 0.0778. The Morgan fingerprint density at radius 1 is 1.58 bits per heavy atom. The summed E-state index contributed by atoms with van der Waals surface area (Å²) in [6, 6.07) is -0.352. The third kappa shape index (κ3) is 4.54. The standard InChI is InChI=1S/C7H13NO4/c1-3-5(4-6(9)10)8-7(11)12-2/h5H,3-4H2,1-2H3,(H,8,11)(H,9,10). The van der Waals surface area contributed by atoms with Crippen LogP contribution in [-0.2, 0) is 9.53 Å². The van der Waals surface area contributed by atoms with E-state index in [-0.39, 0.29) is 12.5 Å². The number of methoxy groups -OCH3 is 1. The fourth-order valence-corrected chi connectivity index (χ4v) is 0.734. The molecule has 0 radical (unpaired) electrons. The molecule has 0 aliphatic carbocycles. The van der Waals surface area contributed by atoms with Gasteiger partial charge in [0.15, 0.2) is 0 Å². The highest BCUT2D eigenvalue weighted by Gasteiger charge is 2.13. The lowest BCUT2D eigenvalue weighted by Gasteiger charge is -2.12. The van der Waals surface area contributed by atoms with Crippen molar-refractivity contribution in [3.8, 4) is 0 Å². The summed E-state index contributed by atoms with van der Waals surface area (Å²) in [5, 5.41) is 10.8. The third-order valence-electron chi connectivity index (χ3n) is 1.42. The predicted molar refractivity (Wildman–Crippen MR) is 41.9 cm³/mol. The Hall–Kier alpha value is -1.26. The van der Waals surface area contributed by atoms with Crippen molar-refractivity contribution in [1.29, 1.82) is 0 Å². The molecule has 12 heavy (non-hydrogen) atoms. The van der Waals surface area contributed by atoms with Crippen LogP contribution in [0.15, 0.2) is 0 Å². The third-order valence-corrected chi connectivity index (χ3v) is 1.42. The summed E-state index contributed by atoms with van der Waals surface area (Å²) in [5.41, 5.74) is 0. The van der Waals surface area contributed by atoms with Gasteiger partial charge in [-0.25, -0.2) is 4.79 Å². The molecule has 0 rings (SSSR count). The van der Waals surface area contributed by atoms with Crippen molar-refractivity contribution in [3.63, 3.8) is 0 Å². The molecule has 5 nitrogen and oxygen atoms in total. The zero-order valence-corrected chi connectivity index (χ0v) is 7.16. The SMILES string of the molecule is CCC(CC(=O)O)NC(=O)OC. The van der Waals surface area contributed by atoms with Crippen molar-refractivity contribution in [1.82, 2.24) is 5.32 Å². The molecule has 0 aromatic rings. The summed E-state index contributed by atoms with van der Waals surface area (Å²) in [5.74, 6) is -0.932. The number of rotatable bonds is 4. The molecule has 0 spiro atoms. The van der Waals surface area contributed by atoms with Gasteiger partial charge in [-0.15, -0.1) is 0 Å². The highest BCUT2D eigenvalue weighted by atomic mass is 16.5. The van der Waals surface area contributed by atoms with Crippen molar-refractivity contribution in [2.75, 3.05) is 7.11 Å². The molecule has 5 heteroatoms. The van der Waals surface area contributed by atoms with E-state index in [4.69, 9.17) is 5.11 Å². The molecule has 1 atom stereocenters. The molecular weight excluding hydrogens is 162 g/mol. The summed E-state index contributed by atoms with van der Waals surface area (Å²) < 4.78 is 4.32. The molecule has 0 aliphatic heterocycles. The van der Waals surface area contributed by atoms with Crippen molar-refractivity contribution < 1.29 is 19.4 Å². The van der Waals surface area contributed by atoms with Crippen molar-refractivity contribution in [2.24, 2.45) is 0 Å². The normalized spacial score (nSPS) is 11.8. The quantitative estimate of drug-likeness (QED) is 0.655. The van der Waals surface area contributed by atoms with Gasteiger partial charge in [0.1, 0.15) is 0 Å².